The van der Waals surface area contributed by atoms with Gasteiger partial charge >= 0.3 is 0 Å². The molecule has 0 spiro atoms. The number of nitrogens with one attached hydrogen (secondary N) is 3. The predicted octanol–water partition coefficient (Wildman–Crippen LogP) is 7.65. The summed E-state index contributed by atoms with van der Waals surface area (Å²) >= 11 is 2.74. The Morgan fingerprint density at radius 3 is 2.32 bits per heavy atom. The molecule has 1 atom stereocenters. The van der Waals surface area contributed by atoms with Crippen molar-refractivity contribution in [2.45, 2.75) is 24.0 Å². The zero-order chi connectivity index (χ0) is 30.9. The number of hydrogen-bond acceptors (Lipinski definition) is 6. The minimum absolute atomic E-state index is 0.105. The standard InChI is InChI=1S/C35H30N4O3S2/c1-23-11-9-12-25(19-23)20-30(37-33(41)27-15-7-4-8-16-27)34(42)36-28-17-10-18-29(21-28)44-24(2)32(40)39-35-38-31(22-43-35)26-13-5-3-6-14-26/h3-22,24H,1-2H3,(H,36,42)(H,37,41)(H,38,39,40)/b30-20+. The van der Waals surface area contributed by atoms with Gasteiger partial charge in [0.2, 0.25) is 5.91 Å². The third kappa shape index (κ3) is 8.31. The van der Waals surface area contributed by atoms with Gasteiger partial charge < -0.3 is 16.0 Å². The maximum atomic E-state index is 13.4. The van der Waals surface area contributed by atoms with E-state index >= 15 is 0 Å². The molecule has 0 saturated heterocycles. The normalized spacial score (nSPS) is 11.8. The van der Waals surface area contributed by atoms with Crippen molar-refractivity contribution in [1.82, 2.24) is 10.3 Å². The summed E-state index contributed by atoms with van der Waals surface area (Å²) in [6.45, 7) is 3.78. The van der Waals surface area contributed by atoms with Crippen LogP contribution in [-0.4, -0.2) is 28.0 Å². The van der Waals surface area contributed by atoms with E-state index in [0.717, 1.165) is 27.3 Å². The number of benzene rings is 4. The lowest BCUT2D eigenvalue weighted by molar-refractivity contribution is -0.115. The monoisotopic (exact) mass is 618 g/mol. The molecule has 0 aliphatic heterocycles. The van der Waals surface area contributed by atoms with Crippen LogP contribution in [0.4, 0.5) is 10.8 Å². The number of carbonyl (C=O) groups excluding carboxylic acids is 3. The number of aryl methyl sites for hydroxylation is 1. The highest BCUT2D eigenvalue weighted by Crippen LogP contribution is 2.29. The number of thiazole rings is 1. The topological polar surface area (TPSA) is 100 Å². The molecule has 3 N–H and O–H groups in total. The first kappa shape index (κ1) is 30.5. The summed E-state index contributed by atoms with van der Waals surface area (Å²) in [5.41, 5.74) is 4.69. The number of thioether (sulfide) groups is 1. The number of nitrogens with zero attached hydrogens (tertiary/aromatic N) is 1. The van der Waals surface area contributed by atoms with Gasteiger partial charge in [-0.05, 0) is 55.8 Å². The average molecular weight is 619 g/mol. The number of anilines is 2. The van der Waals surface area contributed by atoms with Crippen LogP contribution in [0.1, 0.15) is 28.4 Å². The Hall–Kier alpha value is -4.99. The van der Waals surface area contributed by atoms with Crippen LogP contribution in [0.2, 0.25) is 0 Å². The first-order valence-electron chi connectivity index (χ1n) is 13.9. The molecule has 1 aromatic heterocycles. The molecule has 3 amide bonds. The summed E-state index contributed by atoms with van der Waals surface area (Å²) in [7, 11) is 0. The van der Waals surface area contributed by atoms with Gasteiger partial charge in [-0.25, -0.2) is 4.98 Å². The molecule has 0 aliphatic rings. The molecule has 0 aliphatic carbocycles. The molecule has 44 heavy (non-hydrogen) atoms. The first-order valence-corrected chi connectivity index (χ1v) is 15.6. The minimum atomic E-state index is -0.471. The van der Waals surface area contributed by atoms with Crippen molar-refractivity contribution in [1.29, 1.82) is 0 Å². The Balaban J connectivity index is 1.26. The summed E-state index contributed by atoms with van der Waals surface area (Å²) in [5.74, 6) is -1.04. The van der Waals surface area contributed by atoms with Crippen LogP contribution in [0.25, 0.3) is 17.3 Å². The molecule has 5 rings (SSSR count). The van der Waals surface area contributed by atoms with Crippen LogP contribution in [-0.2, 0) is 9.59 Å². The molecule has 9 heteroatoms. The van der Waals surface area contributed by atoms with E-state index in [1.54, 1.807) is 42.5 Å². The molecular weight excluding hydrogens is 589 g/mol. The van der Waals surface area contributed by atoms with Gasteiger partial charge in [-0.3, -0.25) is 14.4 Å². The summed E-state index contributed by atoms with van der Waals surface area (Å²) in [6.07, 6.45) is 1.65. The van der Waals surface area contributed by atoms with E-state index in [9.17, 15) is 14.4 Å². The van der Waals surface area contributed by atoms with Gasteiger partial charge in [-0.15, -0.1) is 23.1 Å². The van der Waals surface area contributed by atoms with Crippen molar-refractivity contribution in [3.8, 4) is 11.3 Å². The van der Waals surface area contributed by atoms with E-state index in [0.29, 0.717) is 16.4 Å². The highest BCUT2D eigenvalue weighted by atomic mass is 32.2. The highest BCUT2D eigenvalue weighted by molar-refractivity contribution is 8.00. The number of hydrogen-bond donors (Lipinski definition) is 3. The smallest absolute Gasteiger partial charge is 0.272 e. The lowest BCUT2D eigenvalue weighted by atomic mass is 10.1. The fourth-order valence-corrected chi connectivity index (χ4v) is 5.90. The molecule has 5 aromatic rings. The Bertz CT molecular complexity index is 1800. The largest absolute Gasteiger partial charge is 0.321 e. The van der Waals surface area contributed by atoms with Gasteiger partial charge in [0, 0.05) is 27.1 Å². The predicted molar refractivity (Wildman–Crippen MR) is 180 cm³/mol. The van der Waals surface area contributed by atoms with Crippen LogP contribution >= 0.6 is 23.1 Å². The number of amides is 3. The van der Waals surface area contributed by atoms with Gasteiger partial charge in [-0.1, -0.05) is 84.4 Å². The second-order valence-electron chi connectivity index (χ2n) is 9.93. The lowest BCUT2D eigenvalue weighted by Crippen LogP contribution is -2.30. The third-order valence-electron chi connectivity index (χ3n) is 6.46. The van der Waals surface area contributed by atoms with E-state index in [2.05, 4.69) is 20.9 Å². The van der Waals surface area contributed by atoms with E-state index in [4.69, 9.17) is 0 Å². The third-order valence-corrected chi connectivity index (χ3v) is 8.31. The molecule has 0 bridgehead atoms. The molecule has 0 saturated carbocycles. The van der Waals surface area contributed by atoms with Crippen molar-refractivity contribution in [2.24, 2.45) is 0 Å². The molecule has 0 fully saturated rings. The molecule has 1 heterocycles. The van der Waals surface area contributed by atoms with Crippen LogP contribution in [0.15, 0.2) is 125 Å². The van der Waals surface area contributed by atoms with Crippen LogP contribution in [0.5, 0.6) is 0 Å². The van der Waals surface area contributed by atoms with Gasteiger partial charge in [0.1, 0.15) is 5.70 Å². The molecule has 7 nitrogen and oxygen atoms in total. The zero-order valence-electron chi connectivity index (χ0n) is 24.1. The van der Waals surface area contributed by atoms with Crippen LogP contribution in [0.3, 0.4) is 0 Å². The summed E-state index contributed by atoms with van der Waals surface area (Å²) in [4.78, 5) is 44.7. The Morgan fingerprint density at radius 1 is 0.841 bits per heavy atom. The lowest BCUT2D eigenvalue weighted by Gasteiger charge is -2.14. The minimum Gasteiger partial charge on any atom is -0.321 e. The Labute approximate surface area is 264 Å². The zero-order valence-corrected chi connectivity index (χ0v) is 25.7. The molecule has 1 unspecified atom stereocenters. The maximum absolute atomic E-state index is 13.4. The van der Waals surface area contributed by atoms with E-state index in [-0.39, 0.29) is 17.5 Å². The van der Waals surface area contributed by atoms with Gasteiger partial charge in [0.15, 0.2) is 5.13 Å². The van der Waals surface area contributed by atoms with Crippen molar-refractivity contribution in [2.75, 3.05) is 10.6 Å². The quantitative estimate of drug-likeness (QED) is 0.110. The van der Waals surface area contributed by atoms with Crippen LogP contribution in [0, 0.1) is 6.92 Å². The van der Waals surface area contributed by atoms with E-state index < -0.39 is 11.2 Å². The first-order chi connectivity index (χ1) is 21.3. The van der Waals surface area contributed by atoms with Crippen LogP contribution < -0.4 is 16.0 Å². The fraction of sp³-hybridized carbons (Fsp3) is 0.0857. The fourth-order valence-electron chi connectivity index (χ4n) is 4.25. The maximum Gasteiger partial charge on any atom is 0.272 e. The number of rotatable bonds is 10. The Kier molecular flexibility index (Phi) is 10.0. The van der Waals surface area contributed by atoms with E-state index in [1.807, 2.05) is 92.0 Å². The summed E-state index contributed by atoms with van der Waals surface area (Å²) in [5, 5.41) is 10.6. The van der Waals surface area contributed by atoms with Crippen molar-refractivity contribution < 1.29 is 14.4 Å². The van der Waals surface area contributed by atoms with E-state index in [1.165, 1.54) is 23.1 Å². The highest BCUT2D eigenvalue weighted by Gasteiger charge is 2.18. The number of carbonyl (C=O) groups is 3. The molecule has 0 radical (unpaired) electrons. The summed E-state index contributed by atoms with van der Waals surface area (Å²) < 4.78 is 0. The molecule has 220 valence electrons. The average Bonchev–Trinajstić information content (AvgIpc) is 3.50. The molecule has 4 aromatic carbocycles. The van der Waals surface area contributed by atoms with Crippen molar-refractivity contribution >= 4 is 57.7 Å². The van der Waals surface area contributed by atoms with Crippen molar-refractivity contribution in [3.63, 3.8) is 0 Å². The number of aromatic nitrogens is 1. The second-order valence-corrected chi connectivity index (χ2v) is 12.2. The van der Waals surface area contributed by atoms with Gasteiger partial charge in [-0.2, -0.15) is 0 Å². The van der Waals surface area contributed by atoms with Gasteiger partial charge in [0.25, 0.3) is 11.8 Å². The SMILES string of the molecule is Cc1cccc(/C=C(/NC(=O)c2ccccc2)C(=O)Nc2cccc(SC(C)C(=O)Nc3nc(-c4ccccc4)cs3)c2)c1. The van der Waals surface area contributed by atoms with Gasteiger partial charge in [0.05, 0.1) is 10.9 Å². The van der Waals surface area contributed by atoms with Crippen molar-refractivity contribution in [3.05, 3.63) is 137 Å². The molecular formula is C35H30N4O3S2. The second kappa shape index (κ2) is 14.5. The Morgan fingerprint density at radius 2 is 1.57 bits per heavy atom. The summed E-state index contributed by atoms with van der Waals surface area (Å²) in [6, 6.07) is 33.4.